The first-order valence-electron chi connectivity index (χ1n) is 7.61. The molecule has 3 amide bonds. The van der Waals surface area contributed by atoms with Crippen molar-refractivity contribution in [1.29, 1.82) is 0 Å². The Kier molecular flexibility index (Phi) is 7.98. The maximum Gasteiger partial charge on any atom is 0.331 e. The number of esters is 1. The summed E-state index contributed by atoms with van der Waals surface area (Å²) >= 11 is 0. The Morgan fingerprint density at radius 3 is 2.64 bits per heavy atom. The number of urea groups is 1. The minimum absolute atomic E-state index is 0.0189. The third-order valence-electron chi connectivity index (χ3n) is 2.88. The SMILES string of the molecule is COc1cc(/C=C/C(=O)OCC(=O)NC(=O)NCC(C)C)ccc1O. The van der Waals surface area contributed by atoms with Gasteiger partial charge in [-0.05, 0) is 29.7 Å². The molecule has 25 heavy (non-hydrogen) atoms. The summed E-state index contributed by atoms with van der Waals surface area (Å²) in [5.41, 5.74) is 0.601. The van der Waals surface area contributed by atoms with E-state index in [-0.39, 0.29) is 17.4 Å². The number of methoxy groups -OCH3 is 1. The monoisotopic (exact) mass is 350 g/mol. The maximum absolute atomic E-state index is 11.6. The summed E-state index contributed by atoms with van der Waals surface area (Å²) in [7, 11) is 1.41. The van der Waals surface area contributed by atoms with E-state index in [0.717, 1.165) is 6.08 Å². The van der Waals surface area contributed by atoms with Crippen molar-refractivity contribution in [3.05, 3.63) is 29.8 Å². The molecule has 3 N–H and O–H groups in total. The molecular formula is C17H22N2O6. The van der Waals surface area contributed by atoms with Crippen molar-refractivity contribution in [3.8, 4) is 11.5 Å². The minimum Gasteiger partial charge on any atom is -0.504 e. The maximum atomic E-state index is 11.6. The van der Waals surface area contributed by atoms with Crippen LogP contribution >= 0.6 is 0 Å². The van der Waals surface area contributed by atoms with E-state index < -0.39 is 24.5 Å². The van der Waals surface area contributed by atoms with Crippen LogP contribution in [0.2, 0.25) is 0 Å². The number of carbonyl (C=O) groups excluding carboxylic acids is 3. The second-order valence-electron chi connectivity index (χ2n) is 5.52. The molecule has 0 aromatic heterocycles. The van der Waals surface area contributed by atoms with Crippen molar-refractivity contribution >= 4 is 24.0 Å². The molecule has 0 spiro atoms. The van der Waals surface area contributed by atoms with E-state index in [1.807, 2.05) is 13.8 Å². The Morgan fingerprint density at radius 1 is 1.28 bits per heavy atom. The van der Waals surface area contributed by atoms with Crippen LogP contribution in [-0.4, -0.2) is 43.3 Å². The molecule has 0 aliphatic carbocycles. The lowest BCUT2D eigenvalue weighted by Crippen LogP contribution is -2.42. The zero-order valence-corrected chi connectivity index (χ0v) is 14.4. The quantitative estimate of drug-likeness (QED) is 0.506. The van der Waals surface area contributed by atoms with Gasteiger partial charge in [0.2, 0.25) is 0 Å². The van der Waals surface area contributed by atoms with E-state index in [0.29, 0.717) is 12.1 Å². The Hall–Kier alpha value is -3.03. The van der Waals surface area contributed by atoms with Gasteiger partial charge in [-0.2, -0.15) is 0 Å². The fourth-order valence-electron chi connectivity index (χ4n) is 1.65. The summed E-state index contributed by atoms with van der Waals surface area (Å²) in [6.07, 6.45) is 2.56. The lowest BCUT2D eigenvalue weighted by molar-refractivity contribution is -0.143. The van der Waals surface area contributed by atoms with Crippen molar-refractivity contribution in [2.75, 3.05) is 20.3 Å². The Morgan fingerprint density at radius 2 is 2.00 bits per heavy atom. The van der Waals surface area contributed by atoms with Crippen LogP contribution in [0.25, 0.3) is 6.08 Å². The van der Waals surface area contributed by atoms with Crippen LogP contribution in [-0.2, 0) is 14.3 Å². The van der Waals surface area contributed by atoms with Crippen LogP contribution in [0.1, 0.15) is 19.4 Å². The first kappa shape index (κ1) is 20.0. The molecule has 8 nitrogen and oxygen atoms in total. The van der Waals surface area contributed by atoms with Crippen molar-refractivity contribution in [1.82, 2.24) is 10.6 Å². The number of phenolic OH excluding ortho intramolecular Hbond substituents is 1. The van der Waals surface area contributed by atoms with Crippen LogP contribution in [0.3, 0.4) is 0 Å². The zero-order valence-electron chi connectivity index (χ0n) is 14.4. The van der Waals surface area contributed by atoms with Gasteiger partial charge in [-0.15, -0.1) is 0 Å². The molecule has 0 saturated heterocycles. The number of ether oxygens (including phenoxy) is 2. The summed E-state index contributed by atoms with van der Waals surface area (Å²) in [5.74, 6) is -0.974. The van der Waals surface area contributed by atoms with Crippen LogP contribution < -0.4 is 15.4 Å². The van der Waals surface area contributed by atoms with Crippen LogP contribution in [0, 0.1) is 5.92 Å². The van der Waals surface area contributed by atoms with Crippen LogP contribution in [0.5, 0.6) is 11.5 Å². The van der Waals surface area contributed by atoms with Gasteiger partial charge in [0.05, 0.1) is 7.11 Å². The van der Waals surface area contributed by atoms with Gasteiger partial charge in [-0.3, -0.25) is 10.1 Å². The molecule has 0 heterocycles. The normalized spacial score (nSPS) is 10.6. The van der Waals surface area contributed by atoms with Crippen LogP contribution in [0.4, 0.5) is 4.79 Å². The van der Waals surface area contributed by atoms with E-state index >= 15 is 0 Å². The fourth-order valence-corrected chi connectivity index (χ4v) is 1.65. The van der Waals surface area contributed by atoms with Gasteiger partial charge >= 0.3 is 12.0 Å². The first-order chi connectivity index (χ1) is 11.8. The molecule has 0 saturated carbocycles. The highest BCUT2D eigenvalue weighted by Crippen LogP contribution is 2.26. The van der Waals surface area contributed by atoms with E-state index in [1.54, 1.807) is 6.07 Å². The van der Waals surface area contributed by atoms with E-state index in [4.69, 9.17) is 9.47 Å². The van der Waals surface area contributed by atoms with Gasteiger partial charge < -0.3 is 19.9 Å². The summed E-state index contributed by atoms with van der Waals surface area (Å²) in [6, 6.07) is 3.90. The topological polar surface area (TPSA) is 114 Å². The second kappa shape index (κ2) is 9.96. The molecule has 1 rings (SSSR count). The number of amides is 3. The number of nitrogens with one attached hydrogen (secondary N) is 2. The highest BCUT2D eigenvalue weighted by atomic mass is 16.5. The molecule has 0 radical (unpaired) electrons. The van der Waals surface area contributed by atoms with Crippen molar-refractivity contribution in [3.63, 3.8) is 0 Å². The van der Waals surface area contributed by atoms with E-state index in [1.165, 1.54) is 25.3 Å². The van der Waals surface area contributed by atoms with Crippen molar-refractivity contribution < 1.29 is 29.0 Å². The van der Waals surface area contributed by atoms with Gasteiger partial charge in [-0.25, -0.2) is 9.59 Å². The lowest BCUT2D eigenvalue weighted by Gasteiger charge is -2.08. The molecule has 0 aliphatic heterocycles. The fraction of sp³-hybridized carbons (Fsp3) is 0.353. The summed E-state index contributed by atoms with van der Waals surface area (Å²) in [5, 5.41) is 14.0. The molecule has 1 aromatic carbocycles. The molecule has 8 heteroatoms. The highest BCUT2D eigenvalue weighted by molar-refractivity contribution is 5.96. The van der Waals surface area contributed by atoms with Crippen LogP contribution in [0.15, 0.2) is 24.3 Å². The molecule has 0 atom stereocenters. The predicted octanol–water partition coefficient (Wildman–Crippen LogP) is 1.44. The Balaban J connectivity index is 2.41. The number of benzene rings is 1. The first-order valence-corrected chi connectivity index (χ1v) is 7.61. The average molecular weight is 350 g/mol. The highest BCUT2D eigenvalue weighted by Gasteiger charge is 2.10. The predicted molar refractivity (Wildman–Crippen MR) is 91.0 cm³/mol. The van der Waals surface area contributed by atoms with Gasteiger partial charge in [0.25, 0.3) is 5.91 Å². The molecule has 0 aliphatic rings. The van der Waals surface area contributed by atoms with Gasteiger partial charge in [0, 0.05) is 12.6 Å². The summed E-state index contributed by atoms with van der Waals surface area (Å²) in [4.78, 5) is 34.4. The van der Waals surface area contributed by atoms with E-state index in [2.05, 4.69) is 10.6 Å². The summed E-state index contributed by atoms with van der Waals surface area (Å²) in [6.45, 7) is 3.69. The molecular weight excluding hydrogens is 328 g/mol. The molecule has 136 valence electrons. The van der Waals surface area contributed by atoms with Crippen molar-refractivity contribution in [2.24, 2.45) is 5.92 Å². The number of aromatic hydroxyl groups is 1. The number of hydrogen-bond donors (Lipinski definition) is 3. The van der Waals surface area contributed by atoms with Gasteiger partial charge in [0.1, 0.15) is 0 Å². The summed E-state index contributed by atoms with van der Waals surface area (Å²) < 4.78 is 9.69. The van der Waals surface area contributed by atoms with Crippen molar-refractivity contribution in [2.45, 2.75) is 13.8 Å². The average Bonchev–Trinajstić information content (AvgIpc) is 2.57. The zero-order chi connectivity index (χ0) is 18.8. The molecule has 0 unspecified atom stereocenters. The molecule has 0 bridgehead atoms. The Bertz CT molecular complexity index is 655. The number of phenols is 1. The number of carbonyl (C=O) groups is 3. The number of imide groups is 1. The third kappa shape index (κ3) is 7.87. The Labute approximate surface area is 145 Å². The molecule has 1 aromatic rings. The van der Waals surface area contributed by atoms with Gasteiger partial charge in [0.15, 0.2) is 18.1 Å². The lowest BCUT2D eigenvalue weighted by atomic mass is 10.2. The molecule has 0 fully saturated rings. The largest absolute Gasteiger partial charge is 0.504 e. The minimum atomic E-state index is -0.746. The van der Waals surface area contributed by atoms with Gasteiger partial charge in [-0.1, -0.05) is 19.9 Å². The smallest absolute Gasteiger partial charge is 0.331 e. The third-order valence-corrected chi connectivity index (χ3v) is 2.88. The standard InChI is InChI=1S/C17H22N2O6/c1-11(2)9-18-17(23)19-15(21)10-25-16(22)7-5-12-4-6-13(20)14(8-12)24-3/h4-8,11,20H,9-10H2,1-3H3,(H2,18,19,21,23)/b7-5+. The van der Waals surface area contributed by atoms with E-state index in [9.17, 15) is 19.5 Å². The second-order valence-corrected chi connectivity index (χ2v) is 5.52. The number of rotatable bonds is 7. The number of hydrogen-bond acceptors (Lipinski definition) is 6.